The molecule has 0 saturated carbocycles. The van der Waals surface area contributed by atoms with Gasteiger partial charge in [0.05, 0.1) is 17.1 Å². The summed E-state index contributed by atoms with van der Waals surface area (Å²) in [5, 5.41) is 14.2. The van der Waals surface area contributed by atoms with Crippen molar-refractivity contribution in [1.29, 1.82) is 0 Å². The fraction of sp³-hybridized carbons (Fsp3) is 0.308. The van der Waals surface area contributed by atoms with Crippen LogP contribution < -0.4 is 0 Å². The lowest BCUT2D eigenvalue weighted by Gasteiger charge is -2.05. The van der Waals surface area contributed by atoms with Gasteiger partial charge in [-0.3, -0.25) is 9.78 Å². The van der Waals surface area contributed by atoms with E-state index in [1.165, 1.54) is 11.8 Å². The van der Waals surface area contributed by atoms with Gasteiger partial charge in [-0.1, -0.05) is 25.1 Å². The van der Waals surface area contributed by atoms with Gasteiger partial charge in [-0.05, 0) is 24.6 Å². The molecule has 0 unspecified atom stereocenters. The number of carbonyl (C=O) groups is 1. The number of thioether (sulfide) groups is 1. The van der Waals surface area contributed by atoms with Gasteiger partial charge in [-0.25, -0.2) is 4.68 Å². The van der Waals surface area contributed by atoms with Gasteiger partial charge in [0.2, 0.25) is 0 Å². The van der Waals surface area contributed by atoms with Crippen molar-refractivity contribution in [2.75, 3.05) is 5.75 Å². The van der Waals surface area contributed by atoms with Crippen molar-refractivity contribution < 1.29 is 9.90 Å². The molecule has 0 bridgehead atoms. The van der Waals surface area contributed by atoms with Gasteiger partial charge in [-0.15, -0.1) is 0 Å². The number of aryl methyl sites for hydroxylation is 1. The number of aliphatic carboxylic acids is 1. The van der Waals surface area contributed by atoms with E-state index in [0.29, 0.717) is 0 Å². The Morgan fingerprint density at radius 2 is 2.16 bits per heavy atom. The molecule has 0 aliphatic carbocycles. The molecule has 2 aromatic rings. The second-order valence-corrected chi connectivity index (χ2v) is 5.02. The summed E-state index contributed by atoms with van der Waals surface area (Å²) in [6, 6.07) is 5.67. The Balaban J connectivity index is 2.31. The minimum atomic E-state index is -0.829. The molecule has 0 spiro atoms. The molecule has 1 N–H and O–H groups in total. The van der Waals surface area contributed by atoms with Crippen LogP contribution >= 0.6 is 11.8 Å². The summed E-state index contributed by atoms with van der Waals surface area (Å²) in [5.74, 6) is -0.799. The monoisotopic (exact) mass is 277 g/mol. The van der Waals surface area contributed by atoms with E-state index in [9.17, 15) is 4.79 Å². The lowest BCUT2D eigenvalue weighted by atomic mass is 10.3. The SMILES string of the molecule is CCCc1cc(SCC(=O)O)n(-c2ccncc2)n1. The molecule has 0 aromatic carbocycles. The second-order valence-electron chi connectivity index (χ2n) is 4.02. The molecule has 0 aliphatic rings. The Bertz CT molecular complexity index is 554. The Hall–Kier alpha value is -1.82. The zero-order valence-corrected chi connectivity index (χ0v) is 11.4. The van der Waals surface area contributed by atoms with Gasteiger partial charge in [-0.2, -0.15) is 5.10 Å². The smallest absolute Gasteiger partial charge is 0.313 e. The number of pyridine rings is 1. The molecule has 2 rings (SSSR count). The van der Waals surface area contributed by atoms with E-state index in [-0.39, 0.29) is 5.75 Å². The van der Waals surface area contributed by atoms with Crippen molar-refractivity contribution in [2.24, 2.45) is 0 Å². The number of carboxylic acids is 1. The molecule has 0 saturated heterocycles. The van der Waals surface area contributed by atoms with E-state index in [4.69, 9.17) is 5.11 Å². The summed E-state index contributed by atoms with van der Waals surface area (Å²) in [6.07, 6.45) is 5.29. The third kappa shape index (κ3) is 3.57. The molecular weight excluding hydrogens is 262 g/mol. The van der Waals surface area contributed by atoms with E-state index in [1.807, 2.05) is 18.2 Å². The predicted molar refractivity (Wildman–Crippen MR) is 73.7 cm³/mol. The van der Waals surface area contributed by atoms with Crippen LogP contribution in [0.2, 0.25) is 0 Å². The van der Waals surface area contributed by atoms with Crippen molar-refractivity contribution in [3.8, 4) is 5.69 Å². The Labute approximate surface area is 115 Å². The predicted octanol–water partition coefficient (Wildman–Crippen LogP) is 2.40. The summed E-state index contributed by atoms with van der Waals surface area (Å²) < 4.78 is 1.78. The molecule has 19 heavy (non-hydrogen) atoms. The van der Waals surface area contributed by atoms with Crippen LogP contribution in [-0.2, 0) is 11.2 Å². The molecule has 5 nitrogen and oxygen atoms in total. The second kappa shape index (κ2) is 6.38. The summed E-state index contributed by atoms with van der Waals surface area (Å²) in [6.45, 7) is 2.09. The van der Waals surface area contributed by atoms with Gasteiger partial charge < -0.3 is 5.11 Å². The maximum Gasteiger partial charge on any atom is 0.313 e. The summed E-state index contributed by atoms with van der Waals surface area (Å²) in [4.78, 5) is 14.7. The van der Waals surface area contributed by atoms with Crippen LogP contribution in [0.4, 0.5) is 0 Å². The van der Waals surface area contributed by atoms with E-state index in [1.54, 1.807) is 17.1 Å². The lowest BCUT2D eigenvalue weighted by Crippen LogP contribution is -2.02. The minimum Gasteiger partial charge on any atom is -0.481 e. The largest absolute Gasteiger partial charge is 0.481 e. The lowest BCUT2D eigenvalue weighted by molar-refractivity contribution is -0.133. The highest BCUT2D eigenvalue weighted by Crippen LogP contribution is 2.23. The number of hydrogen-bond acceptors (Lipinski definition) is 4. The van der Waals surface area contributed by atoms with Crippen LogP contribution in [0.15, 0.2) is 35.6 Å². The highest BCUT2D eigenvalue weighted by atomic mass is 32.2. The van der Waals surface area contributed by atoms with Gasteiger partial charge in [0, 0.05) is 12.4 Å². The highest BCUT2D eigenvalue weighted by Gasteiger charge is 2.11. The summed E-state index contributed by atoms with van der Waals surface area (Å²) in [5.41, 5.74) is 1.87. The van der Waals surface area contributed by atoms with Crippen LogP contribution in [0.3, 0.4) is 0 Å². The van der Waals surface area contributed by atoms with Crippen LogP contribution in [0.25, 0.3) is 5.69 Å². The van der Waals surface area contributed by atoms with Crippen LogP contribution in [0.5, 0.6) is 0 Å². The van der Waals surface area contributed by atoms with E-state index in [2.05, 4.69) is 17.0 Å². The number of aromatic nitrogens is 3. The van der Waals surface area contributed by atoms with E-state index < -0.39 is 5.97 Å². The number of rotatable bonds is 6. The molecule has 6 heteroatoms. The third-order valence-electron chi connectivity index (χ3n) is 2.48. The Morgan fingerprint density at radius 1 is 1.42 bits per heavy atom. The molecule has 0 fully saturated rings. The Kier molecular flexibility index (Phi) is 4.57. The van der Waals surface area contributed by atoms with Crippen molar-refractivity contribution in [3.63, 3.8) is 0 Å². The quantitative estimate of drug-likeness (QED) is 0.821. The van der Waals surface area contributed by atoms with Crippen molar-refractivity contribution >= 4 is 17.7 Å². The highest BCUT2D eigenvalue weighted by molar-refractivity contribution is 7.99. The van der Waals surface area contributed by atoms with Crippen molar-refractivity contribution in [3.05, 3.63) is 36.3 Å². The zero-order chi connectivity index (χ0) is 13.7. The van der Waals surface area contributed by atoms with Gasteiger partial charge >= 0.3 is 5.97 Å². The summed E-state index contributed by atoms with van der Waals surface area (Å²) >= 11 is 1.28. The molecule has 2 heterocycles. The first kappa shape index (κ1) is 13.6. The first-order valence-corrected chi connectivity index (χ1v) is 7.03. The molecular formula is C13H15N3O2S. The third-order valence-corrected chi connectivity index (χ3v) is 3.46. The fourth-order valence-corrected chi connectivity index (χ4v) is 2.46. The van der Waals surface area contributed by atoms with Crippen molar-refractivity contribution in [2.45, 2.75) is 24.8 Å². The van der Waals surface area contributed by atoms with Gasteiger partial charge in [0.1, 0.15) is 5.03 Å². The van der Waals surface area contributed by atoms with Crippen LogP contribution in [0.1, 0.15) is 19.0 Å². The topological polar surface area (TPSA) is 68.0 Å². The number of carboxylic acid groups (broad SMARTS) is 1. The molecule has 100 valence electrons. The fourth-order valence-electron chi connectivity index (χ4n) is 1.70. The standard InChI is InChI=1S/C13H15N3O2S/c1-2-3-10-8-12(19-9-13(17)18)16(15-10)11-4-6-14-7-5-11/h4-8H,2-3,9H2,1H3,(H,17,18). The average molecular weight is 277 g/mol. The van der Waals surface area contributed by atoms with Gasteiger partial charge in [0.15, 0.2) is 0 Å². The minimum absolute atomic E-state index is 0.0301. The molecule has 2 aromatic heterocycles. The van der Waals surface area contributed by atoms with E-state index in [0.717, 1.165) is 29.2 Å². The van der Waals surface area contributed by atoms with E-state index >= 15 is 0 Å². The zero-order valence-electron chi connectivity index (χ0n) is 10.6. The maximum atomic E-state index is 10.7. The normalized spacial score (nSPS) is 10.6. The maximum absolute atomic E-state index is 10.7. The number of nitrogens with zero attached hydrogens (tertiary/aromatic N) is 3. The van der Waals surface area contributed by atoms with Gasteiger partial charge in [0.25, 0.3) is 0 Å². The first-order valence-electron chi connectivity index (χ1n) is 6.04. The molecule has 0 amide bonds. The number of hydrogen-bond donors (Lipinski definition) is 1. The average Bonchev–Trinajstić information content (AvgIpc) is 2.81. The summed E-state index contributed by atoms with van der Waals surface area (Å²) in [7, 11) is 0. The van der Waals surface area contributed by atoms with Crippen molar-refractivity contribution in [1.82, 2.24) is 14.8 Å². The first-order chi connectivity index (χ1) is 9.20. The molecule has 0 atom stereocenters. The molecule has 0 radical (unpaired) electrons. The Morgan fingerprint density at radius 3 is 2.79 bits per heavy atom. The van der Waals surface area contributed by atoms with Crippen LogP contribution in [-0.4, -0.2) is 31.6 Å². The molecule has 0 aliphatic heterocycles. The van der Waals surface area contributed by atoms with Crippen LogP contribution in [0, 0.1) is 0 Å².